The minimum absolute atomic E-state index is 0.105. The molecule has 1 aliphatic heterocycles. The van der Waals surface area contributed by atoms with Crippen molar-refractivity contribution in [1.29, 1.82) is 0 Å². The molecule has 1 N–H and O–H groups in total. The molecular weight excluding hydrogens is 512 g/mol. The van der Waals surface area contributed by atoms with Crippen LogP contribution < -0.4 is 4.74 Å². The lowest BCUT2D eigenvalue weighted by Crippen LogP contribution is -2.44. The van der Waals surface area contributed by atoms with Crippen LogP contribution in [0.2, 0.25) is 0 Å². The average Bonchev–Trinajstić information content (AvgIpc) is 2.93. The van der Waals surface area contributed by atoms with Gasteiger partial charge in [-0.15, -0.1) is 0 Å². The fourth-order valence-electron chi connectivity index (χ4n) is 5.48. The van der Waals surface area contributed by atoms with Crippen LogP contribution in [-0.4, -0.2) is 47.7 Å². The third-order valence-electron chi connectivity index (χ3n) is 7.74. The fraction of sp³-hybridized carbons (Fsp3) is 0.467. The van der Waals surface area contributed by atoms with Crippen LogP contribution >= 0.6 is 0 Å². The van der Waals surface area contributed by atoms with E-state index >= 15 is 4.39 Å². The highest BCUT2D eigenvalue weighted by Gasteiger charge is 2.34. The lowest BCUT2D eigenvalue weighted by atomic mass is 9.81. The number of aryl methyl sites for hydroxylation is 1. The summed E-state index contributed by atoms with van der Waals surface area (Å²) in [5.74, 6) is -0.896. The van der Waals surface area contributed by atoms with Gasteiger partial charge in [0.15, 0.2) is 0 Å². The number of carbonyl (C=O) groups is 1. The van der Waals surface area contributed by atoms with Gasteiger partial charge in [0.25, 0.3) is 0 Å². The van der Waals surface area contributed by atoms with Crippen molar-refractivity contribution in [3.8, 4) is 5.75 Å². The number of fused-ring (bicyclic) bond motifs is 1. The van der Waals surface area contributed by atoms with Crippen LogP contribution in [0.1, 0.15) is 55.0 Å². The number of unbranched alkanes of at least 4 members (excludes halogenated alkanes) is 1. The molecule has 3 aromatic rings. The normalized spacial score (nSPS) is 19.2. The van der Waals surface area contributed by atoms with E-state index in [1.165, 1.54) is 12.1 Å². The van der Waals surface area contributed by atoms with Gasteiger partial charge in [-0.05, 0) is 105 Å². The number of carboxylic acid groups (broad SMARTS) is 1. The minimum Gasteiger partial charge on any atom is -0.497 e. The van der Waals surface area contributed by atoms with Crippen molar-refractivity contribution in [2.45, 2.75) is 50.9 Å². The van der Waals surface area contributed by atoms with E-state index in [2.05, 4.69) is 9.88 Å². The Morgan fingerprint density at radius 2 is 1.92 bits per heavy atom. The number of pyridine rings is 1. The van der Waals surface area contributed by atoms with E-state index in [9.17, 15) is 23.1 Å². The Morgan fingerprint density at radius 1 is 1.15 bits per heavy atom. The standard InChI is InChI=1S/C30H34F4N2O3/c1-39-23-10-12-28-25(18-23)24(13-15-35-28)27(31)11-7-21-14-17-36(19-26(21)29(37)38)16-3-2-4-20-5-8-22(9-6-20)30(32,33)34/h5-6,8-10,12-13,15,18,21,26-27H,2-4,7,11,14,16-17,19H2,1H3,(H,37,38)/t21-,26+,27?/m1/s1. The number of rotatable bonds is 11. The van der Waals surface area contributed by atoms with E-state index in [0.717, 1.165) is 43.6 Å². The highest BCUT2D eigenvalue weighted by atomic mass is 19.4. The largest absolute Gasteiger partial charge is 0.497 e. The fourth-order valence-corrected chi connectivity index (χ4v) is 5.48. The third-order valence-corrected chi connectivity index (χ3v) is 7.74. The highest BCUT2D eigenvalue weighted by molar-refractivity contribution is 5.83. The summed E-state index contributed by atoms with van der Waals surface area (Å²) < 4.78 is 58.9. The van der Waals surface area contributed by atoms with Gasteiger partial charge in [0.2, 0.25) is 0 Å². The maximum Gasteiger partial charge on any atom is 0.416 e. The number of nitrogens with zero attached hydrogens (tertiary/aromatic N) is 2. The molecule has 1 unspecified atom stereocenters. The van der Waals surface area contributed by atoms with Gasteiger partial charge >= 0.3 is 12.1 Å². The van der Waals surface area contributed by atoms with E-state index in [1.54, 1.807) is 37.6 Å². The van der Waals surface area contributed by atoms with E-state index in [1.807, 2.05) is 0 Å². The number of halogens is 4. The molecule has 0 amide bonds. The van der Waals surface area contributed by atoms with Crippen molar-refractivity contribution in [3.05, 3.63) is 71.4 Å². The molecule has 210 valence electrons. The molecule has 3 atom stereocenters. The zero-order valence-electron chi connectivity index (χ0n) is 22.0. The molecule has 0 aliphatic carbocycles. The maximum absolute atomic E-state index is 15.4. The van der Waals surface area contributed by atoms with Crippen LogP contribution in [0.15, 0.2) is 54.7 Å². The molecule has 4 rings (SSSR count). The Kier molecular flexibility index (Phi) is 9.43. The Balaban J connectivity index is 1.26. The van der Waals surface area contributed by atoms with Crippen molar-refractivity contribution in [1.82, 2.24) is 9.88 Å². The average molecular weight is 547 g/mol. The first-order valence-electron chi connectivity index (χ1n) is 13.3. The Morgan fingerprint density at radius 3 is 2.62 bits per heavy atom. The van der Waals surface area contributed by atoms with E-state index < -0.39 is 29.8 Å². The summed E-state index contributed by atoms with van der Waals surface area (Å²) in [5.41, 5.74) is 1.43. The second kappa shape index (κ2) is 12.8. The van der Waals surface area contributed by atoms with Crippen molar-refractivity contribution in [2.24, 2.45) is 11.8 Å². The van der Waals surface area contributed by atoms with Gasteiger partial charge in [0.05, 0.1) is 24.1 Å². The van der Waals surface area contributed by atoms with Gasteiger partial charge in [0.1, 0.15) is 11.9 Å². The molecule has 5 nitrogen and oxygen atoms in total. The van der Waals surface area contributed by atoms with Gasteiger partial charge in [-0.2, -0.15) is 13.2 Å². The van der Waals surface area contributed by atoms with Crippen LogP contribution in [-0.2, 0) is 17.4 Å². The highest BCUT2D eigenvalue weighted by Crippen LogP contribution is 2.35. The number of aliphatic carboxylic acids is 1. The van der Waals surface area contributed by atoms with E-state index in [-0.39, 0.29) is 12.3 Å². The topological polar surface area (TPSA) is 62.7 Å². The summed E-state index contributed by atoms with van der Waals surface area (Å²) in [7, 11) is 1.56. The number of alkyl halides is 4. The van der Waals surface area contributed by atoms with Gasteiger partial charge < -0.3 is 14.7 Å². The molecule has 1 fully saturated rings. The number of likely N-dealkylation sites (tertiary alicyclic amines) is 1. The van der Waals surface area contributed by atoms with E-state index in [0.29, 0.717) is 48.0 Å². The number of piperidine rings is 1. The molecule has 9 heteroatoms. The van der Waals surface area contributed by atoms with Crippen molar-refractivity contribution in [2.75, 3.05) is 26.7 Å². The summed E-state index contributed by atoms with van der Waals surface area (Å²) in [6.45, 7) is 1.90. The second-order valence-corrected chi connectivity index (χ2v) is 10.3. The first-order chi connectivity index (χ1) is 18.7. The molecule has 2 heterocycles. The monoisotopic (exact) mass is 546 g/mol. The quantitative estimate of drug-likeness (QED) is 0.205. The SMILES string of the molecule is COc1ccc2nccc(C(F)CC[C@@H]3CCN(CCCCc4ccc(C(F)(F)F)cc4)C[C@@H]3C(=O)O)c2c1. The smallest absolute Gasteiger partial charge is 0.416 e. The zero-order chi connectivity index (χ0) is 28.0. The van der Waals surface area contributed by atoms with Gasteiger partial charge in [-0.1, -0.05) is 12.1 Å². The van der Waals surface area contributed by atoms with Gasteiger partial charge in [-0.3, -0.25) is 9.78 Å². The number of benzene rings is 2. The maximum atomic E-state index is 15.4. The van der Waals surface area contributed by atoms with Crippen LogP contribution in [0.3, 0.4) is 0 Å². The first kappa shape index (κ1) is 28.8. The van der Waals surface area contributed by atoms with Gasteiger partial charge in [-0.25, -0.2) is 4.39 Å². The molecule has 39 heavy (non-hydrogen) atoms. The lowest BCUT2D eigenvalue weighted by molar-refractivity contribution is -0.146. The molecule has 0 radical (unpaired) electrons. The van der Waals surface area contributed by atoms with Crippen molar-refractivity contribution >= 4 is 16.9 Å². The first-order valence-corrected chi connectivity index (χ1v) is 13.3. The summed E-state index contributed by atoms with van der Waals surface area (Å²) in [6, 6.07) is 12.3. The van der Waals surface area contributed by atoms with Gasteiger partial charge in [0, 0.05) is 18.1 Å². The Labute approximate surface area is 225 Å². The molecule has 0 saturated carbocycles. The predicted octanol–water partition coefficient (Wildman–Crippen LogP) is 7.10. The number of hydrogen-bond acceptors (Lipinski definition) is 4. The number of aromatic nitrogens is 1. The Hall–Kier alpha value is -3.20. The second-order valence-electron chi connectivity index (χ2n) is 10.3. The third kappa shape index (κ3) is 7.47. The molecular formula is C30H34F4N2O3. The molecule has 1 aliphatic rings. The Bertz CT molecular complexity index is 1250. The molecule has 1 aromatic heterocycles. The lowest BCUT2D eigenvalue weighted by Gasteiger charge is -2.37. The molecule has 0 spiro atoms. The van der Waals surface area contributed by atoms with E-state index in [4.69, 9.17) is 4.74 Å². The minimum atomic E-state index is -4.34. The van der Waals surface area contributed by atoms with Crippen molar-refractivity contribution < 1.29 is 32.2 Å². The summed E-state index contributed by atoms with van der Waals surface area (Å²) in [5, 5.41) is 10.6. The summed E-state index contributed by atoms with van der Waals surface area (Å²) in [4.78, 5) is 18.5. The van der Waals surface area contributed by atoms with Crippen LogP contribution in [0.5, 0.6) is 5.75 Å². The number of hydrogen-bond donors (Lipinski definition) is 1. The van der Waals surface area contributed by atoms with Crippen LogP contribution in [0.4, 0.5) is 17.6 Å². The zero-order valence-corrected chi connectivity index (χ0v) is 22.0. The summed E-state index contributed by atoms with van der Waals surface area (Å²) >= 11 is 0. The molecule has 2 aromatic carbocycles. The summed E-state index contributed by atoms with van der Waals surface area (Å²) in [6.07, 6.45) is -0.283. The molecule has 1 saturated heterocycles. The molecule has 0 bridgehead atoms. The van der Waals surface area contributed by atoms with Crippen LogP contribution in [0.25, 0.3) is 10.9 Å². The predicted molar refractivity (Wildman–Crippen MR) is 141 cm³/mol. The number of methoxy groups -OCH3 is 1. The number of ether oxygens (including phenoxy) is 1. The van der Waals surface area contributed by atoms with Crippen molar-refractivity contribution in [3.63, 3.8) is 0 Å². The van der Waals surface area contributed by atoms with Crippen LogP contribution in [0, 0.1) is 11.8 Å². The number of carboxylic acids is 1.